The molecule has 0 aliphatic heterocycles. The molecular weight excluding hydrogens is 298 g/mol. The van der Waals surface area contributed by atoms with Crippen molar-refractivity contribution in [1.82, 2.24) is 9.88 Å². The van der Waals surface area contributed by atoms with E-state index in [1.807, 2.05) is 0 Å². The summed E-state index contributed by atoms with van der Waals surface area (Å²) in [6.45, 7) is 6.96. The molecule has 1 aromatic rings. The van der Waals surface area contributed by atoms with Crippen LogP contribution in [0.3, 0.4) is 0 Å². The summed E-state index contributed by atoms with van der Waals surface area (Å²) in [5.74, 6) is 0.226. The van der Waals surface area contributed by atoms with Crippen LogP contribution in [0.2, 0.25) is 0 Å². The number of unbranched alkanes of at least 4 members (excludes halogenated alkanes) is 3. The Hall–Kier alpha value is -1.43. The number of nitrogens with one attached hydrogen (secondary N) is 1. The van der Waals surface area contributed by atoms with Crippen LogP contribution < -0.4 is 5.32 Å². The molecule has 0 fully saturated rings. The Morgan fingerprint density at radius 3 is 2.68 bits per heavy atom. The average molecular weight is 325 g/mol. The Kier molecular flexibility index (Phi) is 8.74. The smallest absolute Gasteiger partial charge is 0.245 e. The van der Waals surface area contributed by atoms with Gasteiger partial charge in [-0.05, 0) is 12.3 Å². The zero-order chi connectivity index (χ0) is 16.4. The Morgan fingerprint density at radius 2 is 2.09 bits per heavy atom. The highest BCUT2D eigenvalue weighted by molar-refractivity contribution is 7.13. The lowest BCUT2D eigenvalue weighted by atomic mass is 10.1. The largest absolute Gasteiger partial charge is 0.333 e. The molecule has 0 aliphatic carbocycles. The van der Waals surface area contributed by atoms with E-state index in [9.17, 15) is 9.59 Å². The molecular formula is C16H27N3O2S. The molecule has 0 atom stereocenters. The van der Waals surface area contributed by atoms with E-state index in [0.29, 0.717) is 24.0 Å². The summed E-state index contributed by atoms with van der Waals surface area (Å²) >= 11 is 1.37. The first kappa shape index (κ1) is 18.6. The highest BCUT2D eigenvalue weighted by atomic mass is 32.1. The third-order valence-electron chi connectivity index (χ3n) is 3.20. The minimum absolute atomic E-state index is 0.0686. The van der Waals surface area contributed by atoms with Gasteiger partial charge in [0.2, 0.25) is 11.8 Å². The van der Waals surface area contributed by atoms with Gasteiger partial charge in [0.15, 0.2) is 5.13 Å². The molecule has 0 aromatic carbocycles. The van der Waals surface area contributed by atoms with E-state index in [1.165, 1.54) is 11.3 Å². The van der Waals surface area contributed by atoms with Crippen LogP contribution in [0.5, 0.6) is 0 Å². The molecule has 2 amide bonds. The lowest BCUT2D eigenvalue weighted by molar-refractivity contribution is -0.135. The summed E-state index contributed by atoms with van der Waals surface area (Å²) in [7, 11) is 0. The van der Waals surface area contributed by atoms with Gasteiger partial charge in [0.05, 0.1) is 6.54 Å². The Bertz CT molecular complexity index is 446. The molecule has 22 heavy (non-hydrogen) atoms. The molecule has 1 N–H and O–H groups in total. The van der Waals surface area contributed by atoms with Crippen LogP contribution >= 0.6 is 11.3 Å². The van der Waals surface area contributed by atoms with Gasteiger partial charge >= 0.3 is 0 Å². The summed E-state index contributed by atoms with van der Waals surface area (Å²) in [5, 5.41) is 5.11. The summed E-state index contributed by atoms with van der Waals surface area (Å²) in [4.78, 5) is 30.0. The summed E-state index contributed by atoms with van der Waals surface area (Å²) < 4.78 is 0. The number of carbonyl (C=O) groups excluding carboxylic acids is 2. The molecule has 0 saturated heterocycles. The molecule has 0 saturated carbocycles. The van der Waals surface area contributed by atoms with Crippen molar-refractivity contribution < 1.29 is 9.59 Å². The first-order chi connectivity index (χ1) is 10.5. The van der Waals surface area contributed by atoms with Crippen LogP contribution in [0.15, 0.2) is 11.6 Å². The Morgan fingerprint density at radius 1 is 1.32 bits per heavy atom. The van der Waals surface area contributed by atoms with Gasteiger partial charge in [-0.2, -0.15) is 0 Å². The number of anilines is 1. The maximum absolute atomic E-state index is 12.3. The van der Waals surface area contributed by atoms with Crippen molar-refractivity contribution in [2.45, 2.75) is 52.9 Å². The van der Waals surface area contributed by atoms with Gasteiger partial charge in [-0.1, -0.05) is 40.0 Å². The molecule has 6 heteroatoms. The quantitative estimate of drug-likeness (QED) is 0.669. The first-order valence-electron chi connectivity index (χ1n) is 8.00. The Balaban J connectivity index is 2.48. The molecule has 0 bridgehead atoms. The molecule has 0 aliphatic rings. The maximum Gasteiger partial charge on any atom is 0.245 e. The molecule has 124 valence electrons. The van der Waals surface area contributed by atoms with Crippen molar-refractivity contribution in [3.05, 3.63) is 11.6 Å². The topological polar surface area (TPSA) is 62.3 Å². The number of hydrogen-bond donors (Lipinski definition) is 1. The minimum Gasteiger partial charge on any atom is -0.333 e. The summed E-state index contributed by atoms with van der Waals surface area (Å²) in [6, 6.07) is 0. The SMILES string of the molecule is CCCCCCC(=O)N(CC(=O)Nc1nccs1)CC(C)C. The van der Waals surface area contributed by atoms with E-state index in [1.54, 1.807) is 16.5 Å². The van der Waals surface area contributed by atoms with Gasteiger partial charge in [-0.3, -0.25) is 9.59 Å². The van der Waals surface area contributed by atoms with E-state index in [4.69, 9.17) is 0 Å². The van der Waals surface area contributed by atoms with Crippen LogP contribution in [-0.2, 0) is 9.59 Å². The van der Waals surface area contributed by atoms with Crippen molar-refractivity contribution in [1.29, 1.82) is 0 Å². The second-order valence-electron chi connectivity index (χ2n) is 5.86. The fourth-order valence-corrected chi connectivity index (χ4v) is 2.72. The van der Waals surface area contributed by atoms with E-state index < -0.39 is 0 Å². The summed E-state index contributed by atoms with van der Waals surface area (Å²) in [5.41, 5.74) is 0. The number of carbonyl (C=O) groups is 2. The van der Waals surface area contributed by atoms with Crippen LogP contribution in [-0.4, -0.2) is 34.8 Å². The van der Waals surface area contributed by atoms with Gasteiger partial charge < -0.3 is 10.2 Å². The standard InChI is InChI=1S/C16H27N3O2S/c1-4-5-6-7-8-15(21)19(11-13(2)3)12-14(20)18-16-17-9-10-22-16/h9-10,13H,4-8,11-12H2,1-3H3,(H,17,18,20). The van der Waals surface area contributed by atoms with Crippen molar-refractivity contribution in [2.24, 2.45) is 5.92 Å². The highest BCUT2D eigenvalue weighted by Crippen LogP contribution is 2.11. The van der Waals surface area contributed by atoms with Crippen molar-refractivity contribution in [3.63, 3.8) is 0 Å². The number of nitrogens with zero attached hydrogens (tertiary/aromatic N) is 2. The number of hydrogen-bond acceptors (Lipinski definition) is 4. The average Bonchev–Trinajstić information content (AvgIpc) is 2.95. The van der Waals surface area contributed by atoms with Crippen molar-refractivity contribution >= 4 is 28.3 Å². The van der Waals surface area contributed by atoms with Crippen LogP contribution in [0.4, 0.5) is 5.13 Å². The fourth-order valence-electron chi connectivity index (χ4n) is 2.17. The third-order valence-corrected chi connectivity index (χ3v) is 3.88. The second kappa shape index (κ2) is 10.3. The highest BCUT2D eigenvalue weighted by Gasteiger charge is 2.18. The number of amides is 2. The monoisotopic (exact) mass is 325 g/mol. The third kappa shape index (κ3) is 7.54. The second-order valence-corrected chi connectivity index (χ2v) is 6.76. The number of thiazole rings is 1. The minimum atomic E-state index is -0.183. The van der Waals surface area contributed by atoms with E-state index >= 15 is 0 Å². The van der Waals surface area contributed by atoms with E-state index in [0.717, 1.165) is 25.7 Å². The zero-order valence-corrected chi connectivity index (χ0v) is 14.6. The lowest BCUT2D eigenvalue weighted by Crippen LogP contribution is -2.40. The molecule has 5 nitrogen and oxygen atoms in total. The van der Waals surface area contributed by atoms with Crippen molar-refractivity contribution in [2.75, 3.05) is 18.4 Å². The van der Waals surface area contributed by atoms with Gasteiger partial charge in [0.1, 0.15) is 0 Å². The lowest BCUT2D eigenvalue weighted by Gasteiger charge is -2.24. The van der Waals surface area contributed by atoms with Crippen LogP contribution in [0.25, 0.3) is 0 Å². The predicted molar refractivity (Wildman–Crippen MR) is 90.9 cm³/mol. The number of aromatic nitrogens is 1. The van der Waals surface area contributed by atoms with E-state index in [2.05, 4.69) is 31.1 Å². The molecule has 1 aromatic heterocycles. The van der Waals surface area contributed by atoms with E-state index in [-0.39, 0.29) is 18.4 Å². The Labute approximate surface area is 137 Å². The molecule has 0 unspecified atom stereocenters. The van der Waals surface area contributed by atoms with Crippen LogP contribution in [0.1, 0.15) is 52.9 Å². The van der Waals surface area contributed by atoms with Gasteiger partial charge in [-0.25, -0.2) is 4.98 Å². The first-order valence-corrected chi connectivity index (χ1v) is 8.88. The molecule has 0 spiro atoms. The maximum atomic E-state index is 12.3. The van der Waals surface area contributed by atoms with Crippen molar-refractivity contribution in [3.8, 4) is 0 Å². The fraction of sp³-hybridized carbons (Fsp3) is 0.688. The molecule has 0 radical (unpaired) electrons. The molecule has 1 heterocycles. The van der Waals surface area contributed by atoms with Crippen LogP contribution in [0, 0.1) is 5.92 Å². The van der Waals surface area contributed by atoms with Gasteiger partial charge in [0, 0.05) is 24.5 Å². The number of rotatable bonds is 10. The van der Waals surface area contributed by atoms with Gasteiger partial charge in [-0.15, -0.1) is 11.3 Å². The van der Waals surface area contributed by atoms with Gasteiger partial charge in [0.25, 0.3) is 0 Å². The summed E-state index contributed by atoms with van der Waals surface area (Å²) in [6.07, 6.45) is 6.45. The zero-order valence-electron chi connectivity index (χ0n) is 13.8. The molecule has 1 rings (SSSR count). The predicted octanol–water partition coefficient (Wildman–Crippen LogP) is 3.54. The normalized spacial score (nSPS) is 10.7.